The number of ether oxygens (including phenoxy) is 4. The monoisotopic (exact) mass is 379 g/mol. The lowest BCUT2D eigenvalue weighted by atomic mass is 10.0. The van der Waals surface area contributed by atoms with E-state index in [9.17, 15) is 4.79 Å². The molecule has 1 saturated heterocycles. The Labute approximate surface area is 163 Å². The first-order valence-corrected chi connectivity index (χ1v) is 9.56. The maximum absolute atomic E-state index is 12.9. The Hall–Kier alpha value is -3.15. The normalized spacial score (nSPS) is 20.0. The third-order valence-electron chi connectivity index (χ3n) is 5.30. The van der Waals surface area contributed by atoms with Gasteiger partial charge >= 0.3 is 0 Å². The van der Waals surface area contributed by atoms with Crippen LogP contribution in [-0.4, -0.2) is 37.4 Å². The highest BCUT2D eigenvalue weighted by Gasteiger charge is 2.29. The number of hydrogen-bond acceptors (Lipinski definition) is 5. The van der Waals surface area contributed by atoms with Gasteiger partial charge in [0.25, 0.3) is 0 Å². The highest BCUT2D eigenvalue weighted by molar-refractivity contribution is 5.92. The predicted octanol–water partition coefficient (Wildman–Crippen LogP) is 3.56. The maximum Gasteiger partial charge on any atom is 0.247 e. The summed E-state index contributed by atoms with van der Waals surface area (Å²) in [6, 6.07) is 11.7. The second kappa shape index (κ2) is 7.11. The summed E-state index contributed by atoms with van der Waals surface area (Å²) in [7, 11) is 0. The van der Waals surface area contributed by atoms with E-state index in [-0.39, 0.29) is 18.7 Å². The van der Waals surface area contributed by atoms with E-state index in [1.54, 1.807) is 6.08 Å². The number of nitrogens with zero attached hydrogens (tertiary/aromatic N) is 1. The number of fused-ring (bicyclic) bond motifs is 2. The molecule has 6 heteroatoms. The highest BCUT2D eigenvalue weighted by Crippen LogP contribution is 2.38. The number of benzene rings is 2. The number of likely N-dealkylation sites (tertiary alicyclic amines) is 1. The number of amides is 1. The molecule has 3 aliphatic rings. The first kappa shape index (κ1) is 17.0. The third-order valence-corrected chi connectivity index (χ3v) is 5.30. The van der Waals surface area contributed by atoms with E-state index in [1.807, 2.05) is 47.4 Å². The van der Waals surface area contributed by atoms with Gasteiger partial charge in [0.15, 0.2) is 23.0 Å². The minimum absolute atomic E-state index is 0.00931. The van der Waals surface area contributed by atoms with Gasteiger partial charge in [-0.05, 0) is 54.3 Å². The molecular formula is C22H21NO5. The van der Waals surface area contributed by atoms with Crippen molar-refractivity contribution in [1.29, 1.82) is 0 Å². The fraction of sp³-hybridized carbons (Fsp3) is 0.318. The van der Waals surface area contributed by atoms with Gasteiger partial charge in [0.05, 0.1) is 6.04 Å². The van der Waals surface area contributed by atoms with Gasteiger partial charge in [0.2, 0.25) is 12.7 Å². The van der Waals surface area contributed by atoms with Crippen LogP contribution in [0.25, 0.3) is 6.08 Å². The van der Waals surface area contributed by atoms with Gasteiger partial charge in [-0.3, -0.25) is 4.79 Å². The average Bonchev–Trinajstić information content (AvgIpc) is 3.40. The summed E-state index contributed by atoms with van der Waals surface area (Å²) in [5.41, 5.74) is 2.00. The summed E-state index contributed by atoms with van der Waals surface area (Å²) in [5, 5.41) is 0. The second-order valence-corrected chi connectivity index (χ2v) is 7.04. The van der Waals surface area contributed by atoms with Crippen molar-refractivity contribution in [3.63, 3.8) is 0 Å². The fourth-order valence-corrected chi connectivity index (χ4v) is 3.92. The summed E-state index contributed by atoms with van der Waals surface area (Å²) < 4.78 is 22.0. The van der Waals surface area contributed by atoms with E-state index in [1.165, 1.54) is 0 Å². The minimum Gasteiger partial charge on any atom is -0.486 e. The van der Waals surface area contributed by atoms with Gasteiger partial charge in [-0.25, -0.2) is 0 Å². The topological polar surface area (TPSA) is 57.2 Å². The van der Waals surface area contributed by atoms with Crippen molar-refractivity contribution in [2.45, 2.75) is 18.9 Å². The largest absolute Gasteiger partial charge is 0.486 e. The fourth-order valence-electron chi connectivity index (χ4n) is 3.92. The standard InChI is InChI=1S/C22H21NO5/c24-22(8-4-15-3-6-19-20(12-15)28-14-27-19)23-9-1-2-17(23)16-5-7-18-21(13-16)26-11-10-25-18/h3-8,12-13,17H,1-2,9-11,14H2/b8-4+/t17-/m1/s1. The molecule has 0 saturated carbocycles. The SMILES string of the molecule is O=C(/C=C/c1ccc2c(c1)OCO2)N1CCC[C@@H]1c1ccc2c(c1)OCCO2. The van der Waals surface area contributed by atoms with Gasteiger partial charge in [-0.1, -0.05) is 12.1 Å². The molecule has 3 heterocycles. The third kappa shape index (κ3) is 3.15. The van der Waals surface area contributed by atoms with Crippen molar-refractivity contribution in [2.24, 2.45) is 0 Å². The van der Waals surface area contributed by atoms with Crippen LogP contribution in [0.15, 0.2) is 42.5 Å². The van der Waals surface area contributed by atoms with E-state index in [4.69, 9.17) is 18.9 Å². The number of carbonyl (C=O) groups excluding carboxylic acids is 1. The van der Waals surface area contributed by atoms with Crippen LogP contribution >= 0.6 is 0 Å². The van der Waals surface area contributed by atoms with Gasteiger partial charge in [0, 0.05) is 12.6 Å². The molecule has 0 unspecified atom stereocenters. The van der Waals surface area contributed by atoms with Crippen molar-refractivity contribution in [3.8, 4) is 23.0 Å². The molecule has 0 bridgehead atoms. The molecule has 28 heavy (non-hydrogen) atoms. The molecule has 6 nitrogen and oxygen atoms in total. The van der Waals surface area contributed by atoms with E-state index in [0.717, 1.165) is 47.8 Å². The number of carbonyl (C=O) groups is 1. The maximum atomic E-state index is 12.9. The molecule has 0 radical (unpaired) electrons. The summed E-state index contributed by atoms with van der Waals surface area (Å²) in [4.78, 5) is 14.8. The van der Waals surface area contributed by atoms with Crippen LogP contribution in [0.4, 0.5) is 0 Å². The lowest BCUT2D eigenvalue weighted by Gasteiger charge is -2.26. The quantitative estimate of drug-likeness (QED) is 0.763. The highest BCUT2D eigenvalue weighted by atomic mass is 16.7. The van der Waals surface area contributed by atoms with Crippen LogP contribution in [0.5, 0.6) is 23.0 Å². The zero-order valence-electron chi connectivity index (χ0n) is 15.4. The summed E-state index contributed by atoms with van der Waals surface area (Å²) >= 11 is 0. The van der Waals surface area contributed by atoms with E-state index < -0.39 is 0 Å². The average molecular weight is 379 g/mol. The molecule has 1 atom stereocenters. The minimum atomic E-state index is 0.00931. The Morgan fingerprint density at radius 1 is 0.929 bits per heavy atom. The van der Waals surface area contributed by atoms with Crippen molar-refractivity contribution >= 4 is 12.0 Å². The Morgan fingerprint density at radius 3 is 2.61 bits per heavy atom. The molecule has 0 spiro atoms. The molecule has 3 aliphatic heterocycles. The Balaban J connectivity index is 1.33. The van der Waals surface area contributed by atoms with Gasteiger partial charge in [-0.15, -0.1) is 0 Å². The summed E-state index contributed by atoms with van der Waals surface area (Å²) in [5.74, 6) is 2.99. The molecule has 1 fully saturated rings. The lowest BCUT2D eigenvalue weighted by molar-refractivity contribution is -0.126. The number of hydrogen-bond donors (Lipinski definition) is 0. The molecule has 144 valence electrons. The van der Waals surface area contributed by atoms with Gasteiger partial charge in [-0.2, -0.15) is 0 Å². The molecule has 2 aromatic rings. The Bertz CT molecular complexity index is 939. The molecule has 0 aromatic heterocycles. The first-order valence-electron chi connectivity index (χ1n) is 9.56. The van der Waals surface area contributed by atoms with Gasteiger partial charge in [0.1, 0.15) is 13.2 Å². The molecule has 0 aliphatic carbocycles. The van der Waals surface area contributed by atoms with E-state index >= 15 is 0 Å². The Kier molecular flexibility index (Phi) is 4.31. The van der Waals surface area contributed by atoms with Crippen LogP contribution in [0.2, 0.25) is 0 Å². The van der Waals surface area contributed by atoms with Crippen LogP contribution in [0.1, 0.15) is 30.0 Å². The first-order chi connectivity index (χ1) is 13.8. The number of rotatable bonds is 3. The van der Waals surface area contributed by atoms with Crippen LogP contribution in [0.3, 0.4) is 0 Å². The summed E-state index contributed by atoms with van der Waals surface area (Å²) in [6.07, 6.45) is 5.39. The van der Waals surface area contributed by atoms with Crippen molar-refractivity contribution < 1.29 is 23.7 Å². The smallest absolute Gasteiger partial charge is 0.247 e. The zero-order chi connectivity index (χ0) is 18.9. The lowest BCUT2D eigenvalue weighted by Crippen LogP contribution is -2.29. The molecule has 2 aromatic carbocycles. The second-order valence-electron chi connectivity index (χ2n) is 7.04. The van der Waals surface area contributed by atoms with Crippen LogP contribution < -0.4 is 18.9 Å². The molecule has 1 amide bonds. The van der Waals surface area contributed by atoms with E-state index in [2.05, 4.69) is 0 Å². The summed E-state index contributed by atoms with van der Waals surface area (Å²) in [6.45, 7) is 2.13. The van der Waals surface area contributed by atoms with E-state index in [0.29, 0.717) is 19.0 Å². The van der Waals surface area contributed by atoms with Crippen molar-refractivity contribution in [2.75, 3.05) is 26.6 Å². The Morgan fingerprint density at radius 2 is 1.68 bits per heavy atom. The molecule has 5 rings (SSSR count). The van der Waals surface area contributed by atoms with Crippen molar-refractivity contribution in [3.05, 3.63) is 53.6 Å². The zero-order valence-corrected chi connectivity index (χ0v) is 15.4. The molecule has 0 N–H and O–H groups in total. The van der Waals surface area contributed by atoms with Crippen LogP contribution in [0, 0.1) is 0 Å². The van der Waals surface area contributed by atoms with Crippen molar-refractivity contribution in [1.82, 2.24) is 4.90 Å². The van der Waals surface area contributed by atoms with Crippen LogP contribution in [-0.2, 0) is 4.79 Å². The van der Waals surface area contributed by atoms with Gasteiger partial charge < -0.3 is 23.8 Å². The predicted molar refractivity (Wildman–Crippen MR) is 103 cm³/mol. The molecular weight excluding hydrogens is 358 g/mol.